The van der Waals surface area contributed by atoms with Crippen LogP contribution in [0.3, 0.4) is 0 Å². The average Bonchev–Trinajstić information content (AvgIpc) is 3.13. The van der Waals surface area contributed by atoms with Crippen molar-refractivity contribution in [1.29, 1.82) is 0 Å². The number of pyridine rings is 1. The molecule has 0 radical (unpaired) electrons. The van der Waals surface area contributed by atoms with Gasteiger partial charge in [0.05, 0.1) is 23.7 Å². The summed E-state index contributed by atoms with van der Waals surface area (Å²) in [5.41, 5.74) is 5.58. The minimum Gasteiger partial charge on any atom is -0.383 e. The zero-order chi connectivity index (χ0) is 13.1. The molecule has 18 heavy (non-hydrogen) atoms. The van der Waals surface area contributed by atoms with Crippen LogP contribution in [0.5, 0.6) is 0 Å². The number of hydrogen-bond acceptors (Lipinski definition) is 6. The molecule has 1 saturated carbocycles. The van der Waals surface area contributed by atoms with E-state index >= 15 is 0 Å². The molecule has 7 heteroatoms. The third-order valence-corrected chi connectivity index (χ3v) is 2.85. The predicted molar refractivity (Wildman–Crippen MR) is 67.5 cm³/mol. The normalized spacial score (nSPS) is 14.5. The van der Waals surface area contributed by atoms with Crippen LogP contribution in [0.2, 0.25) is 0 Å². The number of ether oxygens (including phenoxy) is 1. The van der Waals surface area contributed by atoms with Gasteiger partial charge in [0, 0.05) is 19.7 Å². The molecule has 0 atom stereocenters. The fraction of sp³-hybridized carbons (Fsp3) is 0.545. The molecular weight excluding hydrogens is 236 g/mol. The highest BCUT2D eigenvalue weighted by atomic mass is 16.6. The molecule has 1 aromatic rings. The summed E-state index contributed by atoms with van der Waals surface area (Å²) in [5, 5.41) is 10.8. The van der Waals surface area contributed by atoms with Crippen LogP contribution >= 0.6 is 0 Å². The molecule has 1 aliphatic carbocycles. The summed E-state index contributed by atoms with van der Waals surface area (Å²) in [4.78, 5) is 16.5. The van der Waals surface area contributed by atoms with E-state index in [2.05, 4.69) is 4.98 Å². The summed E-state index contributed by atoms with van der Waals surface area (Å²) in [7, 11) is 1.63. The van der Waals surface area contributed by atoms with Gasteiger partial charge in [0.25, 0.3) is 5.69 Å². The zero-order valence-corrected chi connectivity index (χ0v) is 10.2. The second-order valence-electron chi connectivity index (χ2n) is 4.28. The van der Waals surface area contributed by atoms with E-state index < -0.39 is 4.92 Å². The Morgan fingerprint density at radius 1 is 1.61 bits per heavy atom. The van der Waals surface area contributed by atoms with Crippen LogP contribution in [0.1, 0.15) is 12.8 Å². The van der Waals surface area contributed by atoms with Crippen molar-refractivity contribution in [1.82, 2.24) is 4.98 Å². The standard InChI is InChI=1S/C11H16N4O3/c1-18-5-4-14(8-2-3-8)11-7-9(15(16)17)6-10(12)13-11/h6-8H,2-5H2,1H3,(H2,12,13). The van der Waals surface area contributed by atoms with E-state index in [-0.39, 0.29) is 11.5 Å². The monoisotopic (exact) mass is 252 g/mol. The lowest BCUT2D eigenvalue weighted by molar-refractivity contribution is -0.384. The van der Waals surface area contributed by atoms with Gasteiger partial charge in [-0.2, -0.15) is 0 Å². The van der Waals surface area contributed by atoms with Gasteiger partial charge >= 0.3 is 0 Å². The smallest absolute Gasteiger partial charge is 0.276 e. The van der Waals surface area contributed by atoms with Crippen molar-refractivity contribution in [3.63, 3.8) is 0 Å². The molecule has 0 spiro atoms. The Morgan fingerprint density at radius 2 is 2.33 bits per heavy atom. The second-order valence-corrected chi connectivity index (χ2v) is 4.28. The van der Waals surface area contributed by atoms with Gasteiger partial charge in [0.15, 0.2) is 0 Å². The van der Waals surface area contributed by atoms with Crippen molar-refractivity contribution in [2.24, 2.45) is 0 Å². The third-order valence-electron chi connectivity index (χ3n) is 2.85. The molecule has 2 N–H and O–H groups in total. The predicted octanol–water partition coefficient (Wildman–Crippen LogP) is 1.19. The van der Waals surface area contributed by atoms with Crippen molar-refractivity contribution in [3.05, 3.63) is 22.2 Å². The molecular formula is C11H16N4O3. The first kappa shape index (κ1) is 12.6. The van der Waals surface area contributed by atoms with Gasteiger partial charge in [-0.05, 0) is 12.8 Å². The maximum absolute atomic E-state index is 10.8. The van der Waals surface area contributed by atoms with Crippen molar-refractivity contribution in [3.8, 4) is 0 Å². The number of nitrogens with two attached hydrogens (primary N) is 1. The Hall–Kier alpha value is -1.89. The molecule has 1 fully saturated rings. The summed E-state index contributed by atoms with van der Waals surface area (Å²) < 4.78 is 5.05. The SMILES string of the molecule is COCCN(c1cc([N+](=O)[O-])cc(N)n1)C1CC1. The molecule has 1 aliphatic rings. The molecule has 0 aromatic carbocycles. The van der Waals surface area contributed by atoms with Crippen LogP contribution in [0.25, 0.3) is 0 Å². The number of anilines is 2. The fourth-order valence-electron chi connectivity index (χ4n) is 1.83. The highest BCUT2D eigenvalue weighted by molar-refractivity contribution is 5.55. The molecule has 98 valence electrons. The van der Waals surface area contributed by atoms with E-state index in [0.29, 0.717) is 25.0 Å². The number of nitro groups is 1. The van der Waals surface area contributed by atoms with Gasteiger partial charge < -0.3 is 15.4 Å². The Bertz CT molecular complexity index is 448. The lowest BCUT2D eigenvalue weighted by Gasteiger charge is -2.23. The Kier molecular flexibility index (Phi) is 3.61. The minimum atomic E-state index is -0.455. The minimum absolute atomic E-state index is 0.0273. The van der Waals surface area contributed by atoms with Gasteiger partial charge in [-0.1, -0.05) is 0 Å². The number of methoxy groups -OCH3 is 1. The maximum Gasteiger partial charge on any atom is 0.276 e. The van der Waals surface area contributed by atoms with Crippen LogP contribution in [-0.2, 0) is 4.74 Å². The molecule has 1 aromatic heterocycles. The van der Waals surface area contributed by atoms with E-state index in [1.54, 1.807) is 7.11 Å². The van der Waals surface area contributed by atoms with Crippen molar-refractivity contribution in [2.45, 2.75) is 18.9 Å². The number of nitrogen functional groups attached to an aromatic ring is 1. The lowest BCUT2D eigenvalue weighted by Crippen LogP contribution is -2.30. The zero-order valence-electron chi connectivity index (χ0n) is 10.2. The van der Waals surface area contributed by atoms with Gasteiger partial charge in [-0.3, -0.25) is 10.1 Å². The summed E-state index contributed by atoms with van der Waals surface area (Å²) in [6.45, 7) is 1.22. The Balaban J connectivity index is 2.25. The number of rotatable bonds is 6. The van der Waals surface area contributed by atoms with Crippen LogP contribution in [0, 0.1) is 10.1 Å². The van der Waals surface area contributed by atoms with E-state index in [0.717, 1.165) is 12.8 Å². The number of nitrogens with zero attached hydrogens (tertiary/aromatic N) is 3. The van der Waals surface area contributed by atoms with Crippen LogP contribution in [-0.4, -0.2) is 36.2 Å². The third kappa shape index (κ3) is 2.86. The molecule has 2 rings (SSSR count). The van der Waals surface area contributed by atoms with Crippen LogP contribution in [0.4, 0.5) is 17.3 Å². The summed E-state index contributed by atoms with van der Waals surface area (Å²) in [6, 6.07) is 3.13. The van der Waals surface area contributed by atoms with Crippen molar-refractivity contribution >= 4 is 17.3 Å². The molecule has 0 saturated heterocycles. The highest BCUT2D eigenvalue weighted by Crippen LogP contribution is 2.32. The molecule has 0 unspecified atom stereocenters. The lowest BCUT2D eigenvalue weighted by atomic mass is 10.3. The first-order chi connectivity index (χ1) is 8.61. The van der Waals surface area contributed by atoms with Crippen LogP contribution < -0.4 is 10.6 Å². The summed E-state index contributed by atoms with van der Waals surface area (Å²) in [5.74, 6) is 0.725. The van der Waals surface area contributed by atoms with Gasteiger partial charge in [0.2, 0.25) is 0 Å². The van der Waals surface area contributed by atoms with Crippen molar-refractivity contribution in [2.75, 3.05) is 30.9 Å². The molecule has 0 amide bonds. The number of hydrogen-bond donors (Lipinski definition) is 1. The Morgan fingerprint density at radius 3 is 2.89 bits per heavy atom. The Labute approximate surface area is 105 Å². The highest BCUT2D eigenvalue weighted by Gasteiger charge is 2.30. The fourth-order valence-corrected chi connectivity index (χ4v) is 1.83. The summed E-state index contributed by atoms with van der Waals surface area (Å²) in [6.07, 6.45) is 2.15. The van der Waals surface area contributed by atoms with Crippen LogP contribution in [0.15, 0.2) is 12.1 Å². The number of aromatic nitrogens is 1. The van der Waals surface area contributed by atoms with E-state index in [1.807, 2.05) is 4.90 Å². The largest absolute Gasteiger partial charge is 0.383 e. The second kappa shape index (κ2) is 5.18. The van der Waals surface area contributed by atoms with E-state index in [9.17, 15) is 10.1 Å². The van der Waals surface area contributed by atoms with Gasteiger partial charge in [0.1, 0.15) is 11.6 Å². The summed E-state index contributed by atoms with van der Waals surface area (Å²) >= 11 is 0. The average molecular weight is 252 g/mol. The molecule has 0 bridgehead atoms. The van der Waals surface area contributed by atoms with Crippen molar-refractivity contribution < 1.29 is 9.66 Å². The van der Waals surface area contributed by atoms with E-state index in [1.165, 1.54) is 12.1 Å². The quantitative estimate of drug-likeness (QED) is 0.603. The van der Waals surface area contributed by atoms with Gasteiger partial charge in [-0.25, -0.2) is 4.98 Å². The van der Waals surface area contributed by atoms with E-state index in [4.69, 9.17) is 10.5 Å². The van der Waals surface area contributed by atoms with Gasteiger partial charge in [-0.15, -0.1) is 0 Å². The topological polar surface area (TPSA) is 94.5 Å². The maximum atomic E-state index is 10.8. The first-order valence-corrected chi connectivity index (χ1v) is 5.79. The molecule has 0 aliphatic heterocycles. The first-order valence-electron chi connectivity index (χ1n) is 5.79. The molecule has 7 nitrogen and oxygen atoms in total. The molecule has 1 heterocycles.